The number of ether oxygens (including phenoxy) is 1. The maximum Gasteiger partial charge on any atom is 0.311 e. The predicted molar refractivity (Wildman–Crippen MR) is 121 cm³/mol. The van der Waals surface area contributed by atoms with Crippen LogP contribution in [0.1, 0.15) is 29.1 Å². The van der Waals surface area contributed by atoms with E-state index in [1.165, 1.54) is 0 Å². The van der Waals surface area contributed by atoms with Crippen molar-refractivity contribution in [3.05, 3.63) is 103 Å². The van der Waals surface area contributed by atoms with Crippen LogP contribution in [0.2, 0.25) is 0 Å². The van der Waals surface area contributed by atoms with Crippen molar-refractivity contribution in [2.75, 3.05) is 5.32 Å². The highest BCUT2D eigenvalue weighted by Gasteiger charge is 2.10. The second-order valence-electron chi connectivity index (χ2n) is 7.16. The van der Waals surface area contributed by atoms with E-state index in [-0.39, 0.29) is 18.3 Å². The molecule has 6 nitrogen and oxygen atoms in total. The van der Waals surface area contributed by atoms with Crippen LogP contribution in [0.5, 0.6) is 5.75 Å². The van der Waals surface area contributed by atoms with Crippen molar-refractivity contribution in [2.45, 2.75) is 19.3 Å². The lowest BCUT2D eigenvalue weighted by Gasteiger charge is -2.07. The van der Waals surface area contributed by atoms with E-state index in [1.807, 2.05) is 48.5 Å². The molecule has 0 saturated heterocycles. The number of aromatic nitrogens is 1. The summed E-state index contributed by atoms with van der Waals surface area (Å²) in [5.41, 5.74) is 2.16. The number of amides is 1. The van der Waals surface area contributed by atoms with Crippen LogP contribution in [0, 0.1) is 0 Å². The van der Waals surface area contributed by atoms with E-state index >= 15 is 0 Å². The monoisotopic (exact) mass is 426 g/mol. The van der Waals surface area contributed by atoms with Gasteiger partial charge in [0.05, 0.1) is 6.20 Å². The van der Waals surface area contributed by atoms with Gasteiger partial charge in [0.1, 0.15) is 5.75 Å². The molecular weight excluding hydrogens is 404 g/mol. The van der Waals surface area contributed by atoms with Crippen molar-refractivity contribution in [3.63, 3.8) is 0 Å². The molecule has 0 aliphatic heterocycles. The summed E-state index contributed by atoms with van der Waals surface area (Å²) >= 11 is 0. The molecular formula is C26H22N2O4. The van der Waals surface area contributed by atoms with E-state index in [4.69, 9.17) is 9.15 Å². The fourth-order valence-corrected chi connectivity index (χ4v) is 3.13. The Kier molecular flexibility index (Phi) is 6.72. The second kappa shape index (κ2) is 10.2. The fourth-order valence-electron chi connectivity index (χ4n) is 3.13. The average Bonchev–Trinajstić information content (AvgIpc) is 3.30. The van der Waals surface area contributed by atoms with Crippen LogP contribution in [0.3, 0.4) is 0 Å². The van der Waals surface area contributed by atoms with Gasteiger partial charge in [-0.15, -0.1) is 0 Å². The molecule has 0 unspecified atom stereocenters. The fraction of sp³-hybridized carbons (Fsp3) is 0.115. The Morgan fingerprint density at radius 2 is 1.56 bits per heavy atom. The summed E-state index contributed by atoms with van der Waals surface area (Å²) in [4.78, 5) is 28.6. The number of hydrogen-bond donors (Lipinski definition) is 1. The van der Waals surface area contributed by atoms with Gasteiger partial charge < -0.3 is 14.5 Å². The summed E-state index contributed by atoms with van der Waals surface area (Å²) in [6.07, 6.45) is 3.06. The highest BCUT2D eigenvalue weighted by molar-refractivity contribution is 6.04. The Morgan fingerprint density at radius 1 is 0.875 bits per heavy atom. The van der Waals surface area contributed by atoms with Gasteiger partial charge in [-0.1, -0.05) is 48.5 Å². The summed E-state index contributed by atoms with van der Waals surface area (Å²) < 4.78 is 11.1. The van der Waals surface area contributed by atoms with Gasteiger partial charge in [-0.2, -0.15) is 0 Å². The molecule has 0 saturated carbocycles. The van der Waals surface area contributed by atoms with Crippen LogP contribution in [0.15, 0.2) is 95.5 Å². The van der Waals surface area contributed by atoms with Crippen molar-refractivity contribution in [2.24, 2.45) is 0 Å². The number of benzene rings is 3. The van der Waals surface area contributed by atoms with E-state index in [1.54, 1.807) is 42.6 Å². The zero-order chi connectivity index (χ0) is 22.2. The quantitative estimate of drug-likeness (QED) is 0.296. The summed E-state index contributed by atoms with van der Waals surface area (Å²) in [7, 11) is 0. The summed E-state index contributed by atoms with van der Waals surface area (Å²) in [5, 5.41) is 2.81. The first-order chi connectivity index (χ1) is 15.7. The van der Waals surface area contributed by atoms with Gasteiger partial charge in [0.15, 0.2) is 11.7 Å². The Morgan fingerprint density at radius 3 is 2.28 bits per heavy atom. The van der Waals surface area contributed by atoms with E-state index < -0.39 is 0 Å². The number of nitrogens with zero attached hydrogens (tertiary/aromatic N) is 1. The van der Waals surface area contributed by atoms with E-state index in [0.29, 0.717) is 41.5 Å². The molecule has 1 N–H and O–H groups in total. The second-order valence-corrected chi connectivity index (χ2v) is 7.16. The van der Waals surface area contributed by atoms with Crippen LogP contribution >= 0.6 is 0 Å². The lowest BCUT2D eigenvalue weighted by atomic mass is 10.2. The summed E-state index contributed by atoms with van der Waals surface area (Å²) in [6, 6.07) is 25.4. The Bertz CT molecular complexity index is 1170. The average molecular weight is 426 g/mol. The molecule has 0 aliphatic rings. The largest absolute Gasteiger partial charge is 0.441 e. The molecule has 0 fully saturated rings. The van der Waals surface area contributed by atoms with Crippen LogP contribution in [0.4, 0.5) is 5.69 Å². The number of nitrogens with one attached hydrogen (secondary N) is 1. The lowest BCUT2D eigenvalue weighted by Crippen LogP contribution is -2.12. The topological polar surface area (TPSA) is 81.4 Å². The van der Waals surface area contributed by atoms with Gasteiger partial charge in [-0.05, 0) is 42.8 Å². The number of hydrogen-bond acceptors (Lipinski definition) is 5. The van der Waals surface area contributed by atoms with Crippen molar-refractivity contribution >= 4 is 17.6 Å². The van der Waals surface area contributed by atoms with Crippen molar-refractivity contribution < 1.29 is 18.7 Å². The minimum Gasteiger partial charge on any atom is -0.441 e. The third kappa shape index (κ3) is 5.70. The number of oxazole rings is 1. The maximum absolute atomic E-state index is 12.2. The van der Waals surface area contributed by atoms with E-state index in [0.717, 1.165) is 5.56 Å². The predicted octanol–water partition coefficient (Wildman–Crippen LogP) is 5.52. The SMILES string of the molecule is O=C(CCCc1ncc(-c2ccccc2)o1)Oc1ccc(NC(=O)c2ccccc2)cc1. The number of carbonyl (C=O) groups is 2. The highest BCUT2D eigenvalue weighted by atomic mass is 16.5. The Balaban J connectivity index is 1.22. The van der Waals surface area contributed by atoms with Crippen LogP contribution in [-0.4, -0.2) is 16.9 Å². The van der Waals surface area contributed by atoms with Crippen molar-refractivity contribution in [1.29, 1.82) is 0 Å². The van der Waals surface area contributed by atoms with Crippen LogP contribution in [0.25, 0.3) is 11.3 Å². The standard InChI is InChI=1S/C26H22N2O4/c29-25(13-7-12-24-27-18-23(32-24)19-8-3-1-4-9-19)31-22-16-14-21(15-17-22)28-26(30)20-10-5-2-6-11-20/h1-6,8-11,14-18H,7,12-13H2,(H,28,30). The normalized spacial score (nSPS) is 10.5. The van der Waals surface area contributed by atoms with Gasteiger partial charge in [0.25, 0.3) is 5.91 Å². The molecule has 1 amide bonds. The molecule has 0 aliphatic carbocycles. The van der Waals surface area contributed by atoms with Crippen LogP contribution < -0.4 is 10.1 Å². The Hall–Kier alpha value is -4.19. The molecule has 1 heterocycles. The molecule has 0 spiro atoms. The van der Waals surface area contributed by atoms with Gasteiger partial charge in [0, 0.05) is 29.7 Å². The first kappa shape index (κ1) is 21.1. The van der Waals surface area contributed by atoms with Crippen molar-refractivity contribution in [3.8, 4) is 17.1 Å². The van der Waals surface area contributed by atoms with E-state index in [2.05, 4.69) is 10.3 Å². The van der Waals surface area contributed by atoms with Gasteiger partial charge in [-0.25, -0.2) is 4.98 Å². The molecule has 4 rings (SSSR count). The summed E-state index contributed by atoms with van der Waals surface area (Å²) in [6.45, 7) is 0. The molecule has 160 valence electrons. The smallest absolute Gasteiger partial charge is 0.311 e. The first-order valence-corrected chi connectivity index (χ1v) is 10.3. The lowest BCUT2D eigenvalue weighted by molar-refractivity contribution is -0.134. The number of esters is 1. The maximum atomic E-state index is 12.2. The number of carbonyl (C=O) groups excluding carboxylic acids is 2. The minimum absolute atomic E-state index is 0.197. The van der Waals surface area contributed by atoms with Crippen LogP contribution in [-0.2, 0) is 11.2 Å². The zero-order valence-electron chi connectivity index (χ0n) is 17.4. The third-order valence-corrected chi connectivity index (χ3v) is 4.76. The molecule has 4 aromatic rings. The number of aryl methyl sites for hydroxylation is 1. The minimum atomic E-state index is -0.332. The first-order valence-electron chi connectivity index (χ1n) is 10.3. The molecule has 6 heteroatoms. The molecule has 32 heavy (non-hydrogen) atoms. The zero-order valence-corrected chi connectivity index (χ0v) is 17.4. The Labute approximate surface area is 185 Å². The molecule has 0 atom stereocenters. The van der Waals surface area contributed by atoms with Gasteiger partial charge in [-0.3, -0.25) is 9.59 Å². The third-order valence-electron chi connectivity index (χ3n) is 4.76. The van der Waals surface area contributed by atoms with Crippen molar-refractivity contribution in [1.82, 2.24) is 4.98 Å². The van der Waals surface area contributed by atoms with Gasteiger partial charge >= 0.3 is 5.97 Å². The number of anilines is 1. The molecule has 3 aromatic carbocycles. The van der Waals surface area contributed by atoms with E-state index in [9.17, 15) is 9.59 Å². The molecule has 0 bridgehead atoms. The molecule has 0 radical (unpaired) electrons. The number of rotatable bonds is 8. The summed E-state index contributed by atoms with van der Waals surface area (Å²) in [5.74, 6) is 1.20. The molecule has 1 aromatic heterocycles. The highest BCUT2D eigenvalue weighted by Crippen LogP contribution is 2.21. The van der Waals surface area contributed by atoms with Gasteiger partial charge in [0.2, 0.25) is 0 Å².